The van der Waals surface area contributed by atoms with Crippen LogP contribution in [0.25, 0.3) is 0 Å². The minimum absolute atomic E-state index is 0.721. The molecule has 2 rings (SSSR count). The molecule has 1 heterocycles. The summed E-state index contributed by atoms with van der Waals surface area (Å²) >= 11 is 3.88. The van der Waals surface area contributed by atoms with Gasteiger partial charge in [0.2, 0.25) is 0 Å². The van der Waals surface area contributed by atoms with Gasteiger partial charge in [-0.1, -0.05) is 12.1 Å². The predicted octanol–water partition coefficient (Wildman–Crippen LogP) is 3.39. The molecule has 1 nitrogen and oxygen atoms in total. The lowest BCUT2D eigenvalue weighted by Gasteiger charge is -2.22. The van der Waals surface area contributed by atoms with Gasteiger partial charge in [0.15, 0.2) is 0 Å². The molecular formula is C13H19NS2. The first-order chi connectivity index (χ1) is 7.88. The van der Waals surface area contributed by atoms with Gasteiger partial charge in [-0.2, -0.15) is 11.8 Å². The van der Waals surface area contributed by atoms with Crippen LogP contribution in [0.2, 0.25) is 0 Å². The van der Waals surface area contributed by atoms with Crippen LogP contribution < -0.4 is 5.32 Å². The summed E-state index contributed by atoms with van der Waals surface area (Å²) < 4.78 is 0. The Hall–Kier alpha value is -0.120. The van der Waals surface area contributed by atoms with Gasteiger partial charge < -0.3 is 5.32 Å². The topological polar surface area (TPSA) is 12.0 Å². The second-order valence-corrected chi connectivity index (χ2v) is 6.17. The van der Waals surface area contributed by atoms with Gasteiger partial charge >= 0.3 is 0 Å². The van der Waals surface area contributed by atoms with Crippen LogP contribution in [0.1, 0.15) is 18.4 Å². The summed E-state index contributed by atoms with van der Waals surface area (Å²) in [5.74, 6) is 2.63. The third kappa shape index (κ3) is 3.72. The number of benzene rings is 1. The molecule has 1 N–H and O–H groups in total. The van der Waals surface area contributed by atoms with Crippen molar-refractivity contribution in [1.82, 2.24) is 5.32 Å². The smallest absolute Gasteiger partial charge is 0.0208 e. The molecule has 3 heteroatoms. The van der Waals surface area contributed by atoms with E-state index in [4.69, 9.17) is 0 Å². The van der Waals surface area contributed by atoms with Crippen LogP contribution in [0, 0.1) is 0 Å². The Labute approximate surface area is 107 Å². The number of nitrogens with one attached hydrogen (secondary N) is 1. The third-order valence-electron chi connectivity index (χ3n) is 2.91. The Morgan fingerprint density at radius 2 is 2.19 bits per heavy atom. The van der Waals surface area contributed by atoms with Gasteiger partial charge in [0.25, 0.3) is 0 Å². The first-order valence-electron chi connectivity index (χ1n) is 5.82. The van der Waals surface area contributed by atoms with Gasteiger partial charge in [-0.05, 0) is 42.5 Å². The molecule has 1 atom stereocenters. The first kappa shape index (κ1) is 12.3. The SMILES string of the molecule is CSc1ccc(CNC2CCCSC2)cc1. The zero-order valence-corrected chi connectivity index (χ0v) is 11.4. The quantitative estimate of drug-likeness (QED) is 0.826. The summed E-state index contributed by atoms with van der Waals surface area (Å²) in [7, 11) is 0. The summed E-state index contributed by atoms with van der Waals surface area (Å²) in [5, 5.41) is 3.65. The maximum absolute atomic E-state index is 3.65. The number of rotatable bonds is 4. The van der Waals surface area contributed by atoms with E-state index < -0.39 is 0 Å². The van der Waals surface area contributed by atoms with Crippen molar-refractivity contribution in [2.24, 2.45) is 0 Å². The molecule has 1 unspecified atom stereocenters. The van der Waals surface area contributed by atoms with E-state index in [1.165, 1.54) is 34.8 Å². The van der Waals surface area contributed by atoms with Gasteiger partial charge in [-0.25, -0.2) is 0 Å². The van der Waals surface area contributed by atoms with Crippen molar-refractivity contribution in [2.75, 3.05) is 17.8 Å². The molecule has 1 fully saturated rings. The highest BCUT2D eigenvalue weighted by molar-refractivity contribution is 7.99. The fraction of sp³-hybridized carbons (Fsp3) is 0.538. The van der Waals surface area contributed by atoms with Crippen LogP contribution in [0.5, 0.6) is 0 Å². The molecule has 16 heavy (non-hydrogen) atoms. The Kier molecular flexibility index (Phi) is 5.07. The molecule has 0 aromatic heterocycles. The lowest BCUT2D eigenvalue weighted by atomic mass is 10.1. The van der Waals surface area contributed by atoms with Gasteiger partial charge in [0.05, 0.1) is 0 Å². The van der Waals surface area contributed by atoms with Crippen LogP contribution in [0.4, 0.5) is 0 Å². The Bertz CT molecular complexity index is 304. The highest BCUT2D eigenvalue weighted by Gasteiger charge is 2.12. The van der Waals surface area contributed by atoms with E-state index in [1.54, 1.807) is 11.8 Å². The summed E-state index contributed by atoms with van der Waals surface area (Å²) in [6, 6.07) is 9.59. The highest BCUT2D eigenvalue weighted by atomic mass is 32.2. The monoisotopic (exact) mass is 253 g/mol. The van der Waals surface area contributed by atoms with Gasteiger partial charge in [0.1, 0.15) is 0 Å². The summed E-state index contributed by atoms with van der Waals surface area (Å²) in [6.07, 6.45) is 4.83. The average Bonchev–Trinajstić information content (AvgIpc) is 2.38. The van der Waals surface area contributed by atoms with Gasteiger partial charge in [-0.3, -0.25) is 0 Å². The van der Waals surface area contributed by atoms with Gasteiger partial charge in [-0.15, -0.1) is 11.8 Å². The maximum Gasteiger partial charge on any atom is 0.0208 e. The van der Waals surface area contributed by atoms with E-state index in [0.29, 0.717) is 0 Å². The van der Waals surface area contributed by atoms with Crippen LogP contribution in [-0.4, -0.2) is 23.8 Å². The minimum atomic E-state index is 0.721. The van der Waals surface area contributed by atoms with Crippen LogP contribution in [0.3, 0.4) is 0 Å². The zero-order chi connectivity index (χ0) is 11.2. The van der Waals surface area contributed by atoms with Crippen molar-refractivity contribution < 1.29 is 0 Å². The normalized spacial score (nSPS) is 20.9. The summed E-state index contributed by atoms with van der Waals surface area (Å²) in [6.45, 7) is 1.01. The third-order valence-corrected chi connectivity index (χ3v) is 4.87. The number of thioether (sulfide) groups is 2. The molecule has 0 aliphatic carbocycles. The van der Waals surface area contributed by atoms with Crippen LogP contribution in [-0.2, 0) is 6.54 Å². The van der Waals surface area contributed by atoms with E-state index in [2.05, 4.69) is 47.6 Å². The Morgan fingerprint density at radius 3 is 2.81 bits per heavy atom. The number of hydrogen-bond donors (Lipinski definition) is 1. The second kappa shape index (κ2) is 6.58. The van der Waals surface area contributed by atoms with Crippen molar-refractivity contribution in [3.8, 4) is 0 Å². The molecule has 1 aliphatic heterocycles. The van der Waals surface area contributed by atoms with Crippen LogP contribution in [0.15, 0.2) is 29.2 Å². The Morgan fingerprint density at radius 1 is 1.38 bits per heavy atom. The van der Waals surface area contributed by atoms with Crippen molar-refractivity contribution in [2.45, 2.75) is 30.3 Å². The van der Waals surface area contributed by atoms with Crippen molar-refractivity contribution >= 4 is 23.5 Å². The molecule has 0 radical (unpaired) electrons. The Balaban J connectivity index is 1.79. The molecular weight excluding hydrogens is 234 g/mol. The van der Waals surface area contributed by atoms with Crippen LogP contribution >= 0.6 is 23.5 Å². The lowest BCUT2D eigenvalue weighted by molar-refractivity contribution is 0.507. The zero-order valence-electron chi connectivity index (χ0n) is 9.74. The second-order valence-electron chi connectivity index (χ2n) is 4.14. The van der Waals surface area contributed by atoms with Crippen molar-refractivity contribution in [3.05, 3.63) is 29.8 Å². The fourth-order valence-electron chi connectivity index (χ4n) is 1.91. The van der Waals surface area contributed by atoms with Crippen molar-refractivity contribution in [3.63, 3.8) is 0 Å². The van der Waals surface area contributed by atoms with E-state index in [0.717, 1.165) is 12.6 Å². The largest absolute Gasteiger partial charge is 0.309 e. The fourth-order valence-corrected chi connectivity index (χ4v) is 3.42. The molecule has 1 saturated heterocycles. The molecule has 1 aromatic carbocycles. The average molecular weight is 253 g/mol. The molecule has 0 saturated carbocycles. The lowest BCUT2D eigenvalue weighted by Crippen LogP contribution is -2.33. The van der Waals surface area contributed by atoms with E-state index in [9.17, 15) is 0 Å². The standard InChI is InChI=1S/C13H19NS2/c1-15-13-6-4-11(5-7-13)9-14-12-3-2-8-16-10-12/h4-7,12,14H,2-3,8-10H2,1H3. The number of hydrogen-bond acceptors (Lipinski definition) is 3. The molecule has 88 valence electrons. The summed E-state index contributed by atoms with van der Waals surface area (Å²) in [5.41, 5.74) is 1.40. The first-order valence-corrected chi connectivity index (χ1v) is 8.20. The van der Waals surface area contributed by atoms with E-state index >= 15 is 0 Å². The van der Waals surface area contributed by atoms with Crippen molar-refractivity contribution in [1.29, 1.82) is 0 Å². The van der Waals surface area contributed by atoms with E-state index in [1.807, 2.05) is 0 Å². The molecule has 0 bridgehead atoms. The van der Waals surface area contributed by atoms with E-state index in [-0.39, 0.29) is 0 Å². The molecule has 0 amide bonds. The van der Waals surface area contributed by atoms with Gasteiger partial charge in [0, 0.05) is 23.2 Å². The molecule has 0 spiro atoms. The highest BCUT2D eigenvalue weighted by Crippen LogP contribution is 2.18. The maximum atomic E-state index is 3.65. The minimum Gasteiger partial charge on any atom is -0.309 e. The summed E-state index contributed by atoms with van der Waals surface area (Å²) in [4.78, 5) is 1.34. The predicted molar refractivity (Wildman–Crippen MR) is 75.4 cm³/mol. The molecule has 1 aromatic rings. The molecule has 1 aliphatic rings.